The van der Waals surface area contributed by atoms with Gasteiger partial charge in [-0.3, -0.25) is 4.79 Å². The fourth-order valence-electron chi connectivity index (χ4n) is 4.74. The number of carbonyl (C=O) groups excluding carboxylic acids is 1. The second-order valence-electron chi connectivity index (χ2n) is 7.20. The predicted molar refractivity (Wildman–Crippen MR) is 83.0 cm³/mol. The molecule has 2 heterocycles. The van der Waals surface area contributed by atoms with E-state index in [-0.39, 0.29) is 5.91 Å². The molecular formula is C18H25NO3. The van der Waals surface area contributed by atoms with Gasteiger partial charge in [-0.25, -0.2) is 0 Å². The summed E-state index contributed by atoms with van der Waals surface area (Å²) in [5.41, 5.74) is 2.07. The van der Waals surface area contributed by atoms with Gasteiger partial charge in [0.15, 0.2) is 0 Å². The first-order chi connectivity index (χ1) is 10.7. The Labute approximate surface area is 131 Å². The Morgan fingerprint density at radius 2 is 1.86 bits per heavy atom. The van der Waals surface area contributed by atoms with Crippen molar-refractivity contribution >= 4 is 5.91 Å². The third-order valence-electron chi connectivity index (χ3n) is 5.89. The molecule has 1 aromatic rings. The molecule has 2 aliphatic carbocycles. The average Bonchev–Trinajstić information content (AvgIpc) is 3.15. The lowest BCUT2D eigenvalue weighted by Gasteiger charge is -2.20. The molecule has 0 aromatic carbocycles. The molecule has 4 nitrogen and oxygen atoms in total. The van der Waals surface area contributed by atoms with Gasteiger partial charge >= 0.3 is 0 Å². The second kappa shape index (κ2) is 5.41. The number of amides is 1. The molecule has 4 rings (SSSR count). The van der Waals surface area contributed by atoms with Crippen LogP contribution in [0.15, 0.2) is 4.42 Å². The van der Waals surface area contributed by atoms with E-state index >= 15 is 0 Å². The van der Waals surface area contributed by atoms with Crippen LogP contribution in [-0.2, 0) is 17.6 Å². The lowest BCUT2D eigenvalue weighted by atomic mass is 9.94. The number of rotatable bonds is 2. The molecule has 4 heteroatoms. The van der Waals surface area contributed by atoms with Gasteiger partial charge in [0.05, 0.1) is 11.7 Å². The highest BCUT2D eigenvalue weighted by atomic mass is 16.5. The fraction of sp³-hybridized carbons (Fsp3) is 0.722. The van der Waals surface area contributed by atoms with Crippen molar-refractivity contribution in [3.05, 3.63) is 22.6 Å². The minimum Gasteiger partial charge on any atom is -0.465 e. The molecule has 1 aliphatic heterocycles. The molecule has 22 heavy (non-hydrogen) atoms. The molecule has 0 spiro atoms. The summed E-state index contributed by atoms with van der Waals surface area (Å²) in [5, 5.41) is 0. The van der Waals surface area contributed by atoms with Crippen LogP contribution in [-0.4, -0.2) is 37.1 Å². The van der Waals surface area contributed by atoms with Crippen LogP contribution in [0.3, 0.4) is 0 Å². The SMILES string of the molecule is COC1C[C@@H]2CN(C(=O)c3c(C)oc4c3CCCC4)C[C@@H]2C1. The van der Waals surface area contributed by atoms with E-state index < -0.39 is 0 Å². The van der Waals surface area contributed by atoms with E-state index in [0.717, 1.165) is 55.9 Å². The Balaban J connectivity index is 1.53. The summed E-state index contributed by atoms with van der Waals surface area (Å²) in [6, 6.07) is 0. The van der Waals surface area contributed by atoms with Crippen LogP contribution in [0, 0.1) is 18.8 Å². The third-order valence-corrected chi connectivity index (χ3v) is 5.89. The summed E-state index contributed by atoms with van der Waals surface area (Å²) < 4.78 is 11.4. The van der Waals surface area contributed by atoms with E-state index in [1.165, 1.54) is 18.4 Å². The zero-order valence-electron chi connectivity index (χ0n) is 13.6. The first-order valence-corrected chi connectivity index (χ1v) is 8.60. The molecule has 2 fully saturated rings. The van der Waals surface area contributed by atoms with Gasteiger partial charge in [-0.05, 0) is 50.9 Å². The van der Waals surface area contributed by atoms with Crippen molar-refractivity contribution in [3.8, 4) is 0 Å². The molecule has 0 N–H and O–H groups in total. The van der Waals surface area contributed by atoms with Gasteiger partial charge in [0.1, 0.15) is 11.5 Å². The number of furan rings is 1. The van der Waals surface area contributed by atoms with Crippen molar-refractivity contribution in [2.24, 2.45) is 11.8 Å². The number of likely N-dealkylation sites (tertiary alicyclic amines) is 1. The van der Waals surface area contributed by atoms with Crippen molar-refractivity contribution in [1.29, 1.82) is 0 Å². The van der Waals surface area contributed by atoms with Crippen LogP contribution in [0.2, 0.25) is 0 Å². The summed E-state index contributed by atoms with van der Waals surface area (Å²) in [6.07, 6.45) is 6.95. The molecule has 1 aromatic heterocycles. The predicted octanol–water partition coefficient (Wildman–Crippen LogP) is 2.96. The number of carbonyl (C=O) groups is 1. The minimum absolute atomic E-state index is 0.202. The van der Waals surface area contributed by atoms with Crippen LogP contribution in [0.25, 0.3) is 0 Å². The van der Waals surface area contributed by atoms with Gasteiger partial charge in [-0.1, -0.05) is 0 Å². The van der Waals surface area contributed by atoms with Crippen molar-refractivity contribution < 1.29 is 13.9 Å². The van der Waals surface area contributed by atoms with E-state index in [9.17, 15) is 4.79 Å². The Kier molecular flexibility index (Phi) is 3.52. The molecule has 3 aliphatic rings. The highest BCUT2D eigenvalue weighted by molar-refractivity contribution is 5.97. The number of methoxy groups -OCH3 is 1. The molecule has 1 amide bonds. The van der Waals surface area contributed by atoms with Gasteiger partial charge in [0, 0.05) is 32.2 Å². The van der Waals surface area contributed by atoms with Gasteiger partial charge < -0.3 is 14.1 Å². The van der Waals surface area contributed by atoms with Crippen LogP contribution >= 0.6 is 0 Å². The van der Waals surface area contributed by atoms with Gasteiger partial charge in [-0.15, -0.1) is 0 Å². The number of ether oxygens (including phenoxy) is 1. The quantitative estimate of drug-likeness (QED) is 0.843. The Hall–Kier alpha value is -1.29. The fourth-order valence-corrected chi connectivity index (χ4v) is 4.74. The van der Waals surface area contributed by atoms with Crippen LogP contribution in [0.1, 0.15) is 53.1 Å². The van der Waals surface area contributed by atoms with Crippen molar-refractivity contribution in [2.75, 3.05) is 20.2 Å². The molecular weight excluding hydrogens is 278 g/mol. The molecule has 0 bridgehead atoms. The van der Waals surface area contributed by atoms with Crippen LogP contribution < -0.4 is 0 Å². The summed E-state index contributed by atoms with van der Waals surface area (Å²) >= 11 is 0. The largest absolute Gasteiger partial charge is 0.465 e. The Bertz CT molecular complexity index is 577. The standard InChI is InChI=1S/C18H25NO3/c1-11-17(15-5-3-4-6-16(15)22-11)18(20)19-9-12-7-14(21-2)8-13(12)10-19/h12-14H,3-10H2,1-2H3/t12-,13+,14?. The van der Waals surface area contributed by atoms with Crippen molar-refractivity contribution in [2.45, 2.75) is 51.6 Å². The number of nitrogens with zero attached hydrogens (tertiary/aromatic N) is 1. The summed E-state index contributed by atoms with van der Waals surface area (Å²) in [5.74, 6) is 3.33. The second-order valence-corrected chi connectivity index (χ2v) is 7.20. The number of aryl methyl sites for hydroxylation is 2. The third kappa shape index (κ3) is 2.19. The topological polar surface area (TPSA) is 42.7 Å². The lowest BCUT2D eigenvalue weighted by Crippen LogP contribution is -2.31. The monoisotopic (exact) mass is 303 g/mol. The van der Waals surface area contributed by atoms with Crippen molar-refractivity contribution in [1.82, 2.24) is 4.90 Å². The maximum absolute atomic E-state index is 13.0. The first kappa shape index (κ1) is 14.3. The molecule has 0 radical (unpaired) electrons. The summed E-state index contributed by atoms with van der Waals surface area (Å²) in [4.78, 5) is 15.1. The van der Waals surface area contributed by atoms with Gasteiger partial charge in [0.2, 0.25) is 0 Å². The molecule has 1 unspecified atom stereocenters. The normalized spacial score (nSPS) is 30.5. The molecule has 1 saturated heterocycles. The van der Waals surface area contributed by atoms with Crippen LogP contribution in [0.4, 0.5) is 0 Å². The number of fused-ring (bicyclic) bond motifs is 2. The number of hydrogen-bond donors (Lipinski definition) is 0. The summed E-state index contributed by atoms with van der Waals surface area (Å²) in [6.45, 7) is 3.73. The Morgan fingerprint density at radius 3 is 2.55 bits per heavy atom. The van der Waals surface area contributed by atoms with Crippen molar-refractivity contribution in [3.63, 3.8) is 0 Å². The Morgan fingerprint density at radius 1 is 1.18 bits per heavy atom. The van der Waals surface area contributed by atoms with Gasteiger partial charge in [-0.2, -0.15) is 0 Å². The maximum atomic E-state index is 13.0. The zero-order chi connectivity index (χ0) is 15.3. The van der Waals surface area contributed by atoms with E-state index in [1.807, 2.05) is 6.92 Å². The minimum atomic E-state index is 0.202. The summed E-state index contributed by atoms with van der Waals surface area (Å²) in [7, 11) is 1.80. The van der Waals surface area contributed by atoms with E-state index in [1.54, 1.807) is 7.11 Å². The molecule has 1 saturated carbocycles. The molecule has 120 valence electrons. The highest BCUT2D eigenvalue weighted by Gasteiger charge is 2.43. The highest BCUT2D eigenvalue weighted by Crippen LogP contribution is 2.40. The smallest absolute Gasteiger partial charge is 0.257 e. The average molecular weight is 303 g/mol. The lowest BCUT2D eigenvalue weighted by molar-refractivity contribution is 0.0729. The number of hydrogen-bond acceptors (Lipinski definition) is 3. The van der Waals surface area contributed by atoms with E-state index in [2.05, 4.69) is 4.90 Å². The first-order valence-electron chi connectivity index (χ1n) is 8.60. The zero-order valence-corrected chi connectivity index (χ0v) is 13.6. The molecule has 3 atom stereocenters. The van der Waals surface area contributed by atoms with Gasteiger partial charge in [0.25, 0.3) is 5.91 Å². The van der Waals surface area contributed by atoms with E-state index in [0.29, 0.717) is 17.9 Å². The van der Waals surface area contributed by atoms with E-state index in [4.69, 9.17) is 9.15 Å². The maximum Gasteiger partial charge on any atom is 0.257 e. The van der Waals surface area contributed by atoms with Crippen LogP contribution in [0.5, 0.6) is 0 Å².